The molecule has 1 unspecified atom stereocenters. The molecule has 132 valence electrons. The number of rotatable bonds is 2. The Kier molecular flexibility index (Phi) is 3.82. The van der Waals surface area contributed by atoms with Crippen molar-refractivity contribution in [3.8, 4) is 0 Å². The van der Waals surface area contributed by atoms with E-state index >= 15 is 0 Å². The molecule has 0 aliphatic carbocycles. The number of fused-ring (bicyclic) bond motifs is 1. The molecule has 4 heterocycles. The second-order valence-electron chi connectivity index (χ2n) is 6.71. The molecule has 8 nitrogen and oxygen atoms in total. The van der Waals surface area contributed by atoms with Gasteiger partial charge in [-0.3, -0.25) is 14.3 Å². The Morgan fingerprint density at radius 1 is 1.24 bits per heavy atom. The number of aromatic nitrogens is 3. The predicted molar refractivity (Wildman–Crippen MR) is 87.6 cm³/mol. The number of nitrogens with zero attached hydrogens (tertiary/aromatic N) is 5. The summed E-state index contributed by atoms with van der Waals surface area (Å²) in [7, 11) is 0. The molecule has 0 N–H and O–H groups in total. The third-order valence-corrected chi connectivity index (χ3v) is 4.95. The van der Waals surface area contributed by atoms with Gasteiger partial charge in [-0.15, -0.1) is 0 Å². The van der Waals surface area contributed by atoms with Gasteiger partial charge in [0.05, 0.1) is 30.5 Å². The van der Waals surface area contributed by atoms with Crippen LogP contribution in [-0.4, -0.2) is 49.6 Å². The molecule has 2 aliphatic heterocycles. The van der Waals surface area contributed by atoms with E-state index in [-0.39, 0.29) is 17.9 Å². The van der Waals surface area contributed by atoms with E-state index in [2.05, 4.69) is 10.3 Å². The third-order valence-electron chi connectivity index (χ3n) is 4.95. The van der Waals surface area contributed by atoms with Crippen molar-refractivity contribution in [3.63, 3.8) is 0 Å². The lowest BCUT2D eigenvalue weighted by Gasteiger charge is -2.26. The predicted octanol–water partition coefficient (Wildman–Crippen LogP) is 1.52. The van der Waals surface area contributed by atoms with Crippen LogP contribution >= 0.6 is 0 Å². The van der Waals surface area contributed by atoms with E-state index in [0.29, 0.717) is 31.9 Å². The van der Waals surface area contributed by atoms with Gasteiger partial charge in [0.2, 0.25) is 5.91 Å². The SMILES string of the molecule is CC(=O)N1CCn2nc(C(=O)N3CCCC3c3cc(C)no3)cc2C1. The van der Waals surface area contributed by atoms with Crippen LogP contribution in [0.1, 0.15) is 53.4 Å². The Morgan fingerprint density at radius 2 is 2.08 bits per heavy atom. The van der Waals surface area contributed by atoms with Gasteiger partial charge < -0.3 is 14.3 Å². The summed E-state index contributed by atoms with van der Waals surface area (Å²) in [6, 6.07) is 3.61. The minimum Gasteiger partial charge on any atom is -0.359 e. The van der Waals surface area contributed by atoms with Gasteiger partial charge in [0.15, 0.2) is 11.5 Å². The van der Waals surface area contributed by atoms with Crippen LogP contribution in [0.4, 0.5) is 0 Å². The molecule has 0 aromatic carbocycles. The fraction of sp³-hybridized carbons (Fsp3) is 0.529. The summed E-state index contributed by atoms with van der Waals surface area (Å²) in [6.45, 7) is 5.87. The maximum absolute atomic E-state index is 13.0. The highest BCUT2D eigenvalue weighted by Gasteiger charge is 2.35. The van der Waals surface area contributed by atoms with Crippen LogP contribution in [0.2, 0.25) is 0 Å². The van der Waals surface area contributed by atoms with Crippen LogP contribution in [0.5, 0.6) is 0 Å². The Balaban J connectivity index is 1.56. The standard InChI is InChI=1S/C17H21N5O3/c1-11-8-16(25-19-11)15-4-3-5-21(15)17(24)14-9-13-10-20(12(2)23)6-7-22(13)18-14/h8-9,15H,3-7,10H2,1-2H3. The molecule has 1 fully saturated rings. The zero-order valence-corrected chi connectivity index (χ0v) is 14.4. The summed E-state index contributed by atoms with van der Waals surface area (Å²) < 4.78 is 7.20. The van der Waals surface area contributed by atoms with Gasteiger partial charge >= 0.3 is 0 Å². The van der Waals surface area contributed by atoms with E-state index in [1.54, 1.807) is 17.9 Å². The Bertz CT molecular complexity index is 824. The lowest BCUT2D eigenvalue weighted by molar-refractivity contribution is -0.130. The van der Waals surface area contributed by atoms with Gasteiger partial charge in [-0.05, 0) is 25.8 Å². The van der Waals surface area contributed by atoms with Crippen molar-refractivity contribution >= 4 is 11.8 Å². The van der Waals surface area contributed by atoms with E-state index in [4.69, 9.17) is 4.52 Å². The zero-order chi connectivity index (χ0) is 17.6. The number of likely N-dealkylation sites (tertiary alicyclic amines) is 1. The number of carbonyl (C=O) groups excluding carboxylic acids is 2. The first-order chi connectivity index (χ1) is 12.0. The van der Waals surface area contributed by atoms with E-state index < -0.39 is 0 Å². The summed E-state index contributed by atoms with van der Waals surface area (Å²) in [5, 5.41) is 8.40. The fourth-order valence-electron chi connectivity index (χ4n) is 3.63. The van der Waals surface area contributed by atoms with Crippen LogP contribution in [-0.2, 0) is 17.9 Å². The first kappa shape index (κ1) is 15.9. The van der Waals surface area contributed by atoms with Crippen molar-refractivity contribution in [3.05, 3.63) is 35.0 Å². The van der Waals surface area contributed by atoms with E-state index in [9.17, 15) is 9.59 Å². The topological polar surface area (TPSA) is 84.5 Å². The smallest absolute Gasteiger partial charge is 0.274 e. The average molecular weight is 343 g/mol. The molecular formula is C17H21N5O3. The van der Waals surface area contributed by atoms with Gasteiger partial charge in [0.1, 0.15) is 0 Å². The molecule has 0 saturated carbocycles. The molecule has 0 bridgehead atoms. The average Bonchev–Trinajstić information content (AvgIpc) is 3.31. The number of hydrogen-bond donors (Lipinski definition) is 0. The Labute approximate surface area is 145 Å². The largest absolute Gasteiger partial charge is 0.359 e. The van der Waals surface area contributed by atoms with Gasteiger partial charge in [-0.1, -0.05) is 5.16 Å². The number of hydrogen-bond acceptors (Lipinski definition) is 5. The van der Waals surface area contributed by atoms with Crippen molar-refractivity contribution < 1.29 is 14.1 Å². The van der Waals surface area contributed by atoms with Gasteiger partial charge in [0, 0.05) is 26.1 Å². The molecule has 0 radical (unpaired) electrons. The second kappa shape index (κ2) is 6.02. The van der Waals surface area contributed by atoms with Gasteiger partial charge in [-0.25, -0.2) is 0 Å². The lowest BCUT2D eigenvalue weighted by atomic mass is 10.1. The number of aryl methyl sites for hydroxylation is 1. The highest BCUT2D eigenvalue weighted by molar-refractivity contribution is 5.93. The molecule has 25 heavy (non-hydrogen) atoms. The molecule has 1 atom stereocenters. The minimum absolute atomic E-state index is 0.0422. The molecule has 2 aromatic rings. The zero-order valence-electron chi connectivity index (χ0n) is 14.4. The maximum atomic E-state index is 13.0. The quantitative estimate of drug-likeness (QED) is 0.825. The molecule has 8 heteroatoms. The van der Waals surface area contributed by atoms with E-state index in [1.807, 2.05) is 22.6 Å². The van der Waals surface area contributed by atoms with Crippen molar-refractivity contribution in [1.29, 1.82) is 0 Å². The maximum Gasteiger partial charge on any atom is 0.274 e. The number of amides is 2. The molecule has 1 saturated heterocycles. The fourth-order valence-corrected chi connectivity index (χ4v) is 3.63. The molecule has 2 amide bonds. The van der Waals surface area contributed by atoms with Gasteiger partial charge in [0.25, 0.3) is 5.91 Å². The van der Waals surface area contributed by atoms with Crippen molar-refractivity contribution in [2.45, 2.75) is 45.8 Å². The van der Waals surface area contributed by atoms with Crippen LogP contribution in [0.25, 0.3) is 0 Å². The normalized spacial score (nSPS) is 20.0. The van der Waals surface area contributed by atoms with E-state index in [0.717, 1.165) is 30.0 Å². The molecule has 2 aromatic heterocycles. The summed E-state index contributed by atoms with van der Waals surface area (Å²) in [5.41, 5.74) is 2.15. The first-order valence-electron chi connectivity index (χ1n) is 8.59. The Hall–Kier alpha value is -2.64. The Morgan fingerprint density at radius 3 is 2.80 bits per heavy atom. The summed E-state index contributed by atoms with van der Waals surface area (Å²) in [5.74, 6) is 0.684. The van der Waals surface area contributed by atoms with Crippen LogP contribution in [0.15, 0.2) is 16.7 Å². The summed E-state index contributed by atoms with van der Waals surface area (Å²) in [4.78, 5) is 28.1. The molecule has 0 spiro atoms. The number of carbonyl (C=O) groups is 2. The highest BCUT2D eigenvalue weighted by atomic mass is 16.5. The summed E-state index contributed by atoms with van der Waals surface area (Å²) >= 11 is 0. The molecule has 2 aliphatic rings. The first-order valence-corrected chi connectivity index (χ1v) is 8.59. The van der Waals surface area contributed by atoms with E-state index in [1.165, 1.54) is 0 Å². The van der Waals surface area contributed by atoms with Crippen molar-refractivity contribution in [2.75, 3.05) is 13.1 Å². The second-order valence-corrected chi connectivity index (χ2v) is 6.71. The summed E-state index contributed by atoms with van der Waals surface area (Å²) in [6.07, 6.45) is 1.80. The molecule has 4 rings (SSSR count). The highest BCUT2D eigenvalue weighted by Crippen LogP contribution is 2.33. The van der Waals surface area contributed by atoms with Crippen LogP contribution in [0, 0.1) is 6.92 Å². The van der Waals surface area contributed by atoms with Crippen LogP contribution < -0.4 is 0 Å². The van der Waals surface area contributed by atoms with Crippen LogP contribution in [0.3, 0.4) is 0 Å². The monoisotopic (exact) mass is 343 g/mol. The minimum atomic E-state index is -0.0900. The lowest BCUT2D eigenvalue weighted by Crippen LogP contribution is -2.36. The van der Waals surface area contributed by atoms with Gasteiger partial charge in [-0.2, -0.15) is 5.10 Å². The molecular weight excluding hydrogens is 322 g/mol. The van der Waals surface area contributed by atoms with Crippen molar-refractivity contribution in [1.82, 2.24) is 24.7 Å². The van der Waals surface area contributed by atoms with Crippen molar-refractivity contribution in [2.24, 2.45) is 0 Å². The third kappa shape index (κ3) is 2.81.